The number of rotatable bonds is 3. The van der Waals surface area contributed by atoms with Gasteiger partial charge in [-0.25, -0.2) is 0 Å². The zero-order chi connectivity index (χ0) is 11.5. The standard InChI is InChI=1S/C11H12BrN3O/c1-2-9(13)11-14-10(15-16-11)7-4-3-5-8(12)6-7/h3-6,9H,2,13H2,1H3/t9-/m1/s1. The Morgan fingerprint density at radius 2 is 2.31 bits per heavy atom. The normalized spacial score (nSPS) is 12.7. The van der Waals surface area contributed by atoms with Gasteiger partial charge in [-0.15, -0.1) is 0 Å². The second-order valence-electron chi connectivity index (χ2n) is 3.48. The van der Waals surface area contributed by atoms with Crippen LogP contribution in [0.1, 0.15) is 25.3 Å². The summed E-state index contributed by atoms with van der Waals surface area (Å²) in [6.45, 7) is 1.98. The Balaban J connectivity index is 2.31. The van der Waals surface area contributed by atoms with Crippen molar-refractivity contribution in [3.05, 3.63) is 34.6 Å². The summed E-state index contributed by atoms with van der Waals surface area (Å²) in [5.41, 5.74) is 6.72. The van der Waals surface area contributed by atoms with Crippen molar-refractivity contribution < 1.29 is 4.52 Å². The number of hydrogen-bond donors (Lipinski definition) is 1. The Morgan fingerprint density at radius 3 is 3.00 bits per heavy atom. The van der Waals surface area contributed by atoms with Gasteiger partial charge in [0, 0.05) is 10.0 Å². The fourth-order valence-corrected chi connectivity index (χ4v) is 1.70. The van der Waals surface area contributed by atoms with Crippen LogP contribution in [0.4, 0.5) is 0 Å². The maximum absolute atomic E-state index is 5.81. The molecule has 0 saturated heterocycles. The molecule has 0 aliphatic carbocycles. The molecule has 1 aromatic carbocycles. The molecule has 4 nitrogen and oxygen atoms in total. The molecule has 5 heteroatoms. The molecule has 0 radical (unpaired) electrons. The molecule has 1 aromatic heterocycles. The van der Waals surface area contributed by atoms with Crippen LogP contribution in [0.25, 0.3) is 11.4 Å². The van der Waals surface area contributed by atoms with Crippen LogP contribution >= 0.6 is 15.9 Å². The Labute approximate surface area is 102 Å². The van der Waals surface area contributed by atoms with Gasteiger partial charge in [0.25, 0.3) is 0 Å². The van der Waals surface area contributed by atoms with Gasteiger partial charge >= 0.3 is 0 Å². The minimum Gasteiger partial charge on any atom is -0.337 e. The molecule has 0 amide bonds. The summed E-state index contributed by atoms with van der Waals surface area (Å²) in [6.07, 6.45) is 0.778. The third-order valence-electron chi connectivity index (χ3n) is 2.28. The Hall–Kier alpha value is -1.20. The minimum atomic E-state index is -0.187. The van der Waals surface area contributed by atoms with Gasteiger partial charge in [-0.05, 0) is 18.6 Å². The van der Waals surface area contributed by atoms with Crippen LogP contribution in [0, 0.1) is 0 Å². The molecule has 0 fully saturated rings. The Kier molecular flexibility index (Phi) is 3.36. The van der Waals surface area contributed by atoms with E-state index in [1.165, 1.54) is 0 Å². The Bertz CT molecular complexity index is 484. The molecule has 2 aromatic rings. The van der Waals surface area contributed by atoms with Gasteiger partial charge in [0.05, 0.1) is 6.04 Å². The molecule has 16 heavy (non-hydrogen) atoms. The summed E-state index contributed by atoms with van der Waals surface area (Å²) in [6, 6.07) is 7.55. The molecule has 2 N–H and O–H groups in total. The molecule has 1 atom stereocenters. The number of hydrogen-bond acceptors (Lipinski definition) is 4. The van der Waals surface area contributed by atoms with Crippen LogP contribution in [0.15, 0.2) is 33.3 Å². The number of benzene rings is 1. The second-order valence-corrected chi connectivity index (χ2v) is 4.40. The lowest BCUT2D eigenvalue weighted by molar-refractivity contribution is 0.352. The smallest absolute Gasteiger partial charge is 0.243 e. The van der Waals surface area contributed by atoms with Gasteiger partial charge in [0.15, 0.2) is 0 Å². The van der Waals surface area contributed by atoms with E-state index in [0.717, 1.165) is 16.5 Å². The van der Waals surface area contributed by atoms with E-state index in [2.05, 4.69) is 26.1 Å². The van der Waals surface area contributed by atoms with Crippen molar-refractivity contribution in [3.8, 4) is 11.4 Å². The number of aromatic nitrogens is 2. The first kappa shape index (κ1) is 11.3. The molecule has 2 rings (SSSR count). The van der Waals surface area contributed by atoms with Crippen LogP contribution < -0.4 is 5.73 Å². The van der Waals surface area contributed by atoms with Crippen LogP contribution in [0.3, 0.4) is 0 Å². The molecule has 0 aliphatic heterocycles. The van der Waals surface area contributed by atoms with Crippen molar-refractivity contribution in [2.75, 3.05) is 0 Å². The van der Waals surface area contributed by atoms with Crippen molar-refractivity contribution in [3.63, 3.8) is 0 Å². The fourth-order valence-electron chi connectivity index (χ4n) is 1.31. The van der Waals surface area contributed by atoms with E-state index in [-0.39, 0.29) is 6.04 Å². The number of halogens is 1. The van der Waals surface area contributed by atoms with Crippen LogP contribution in [-0.4, -0.2) is 10.1 Å². The maximum Gasteiger partial charge on any atom is 0.243 e. The van der Waals surface area contributed by atoms with Gasteiger partial charge < -0.3 is 10.3 Å². The molecule has 0 saturated carbocycles. The highest BCUT2D eigenvalue weighted by molar-refractivity contribution is 9.10. The van der Waals surface area contributed by atoms with E-state index >= 15 is 0 Å². The van der Waals surface area contributed by atoms with Gasteiger partial charge in [-0.1, -0.05) is 40.1 Å². The SMILES string of the molecule is CC[C@@H](N)c1nc(-c2cccc(Br)c2)no1. The van der Waals surface area contributed by atoms with Crippen LogP contribution in [0.5, 0.6) is 0 Å². The summed E-state index contributed by atoms with van der Waals surface area (Å²) in [5, 5.41) is 3.91. The summed E-state index contributed by atoms with van der Waals surface area (Å²) in [7, 11) is 0. The molecule has 0 bridgehead atoms. The van der Waals surface area contributed by atoms with E-state index < -0.39 is 0 Å². The predicted molar refractivity (Wildman–Crippen MR) is 64.7 cm³/mol. The maximum atomic E-state index is 5.81. The van der Waals surface area contributed by atoms with Gasteiger partial charge in [0.2, 0.25) is 11.7 Å². The first-order valence-corrected chi connectivity index (χ1v) is 5.85. The topological polar surface area (TPSA) is 64.9 Å². The molecular weight excluding hydrogens is 270 g/mol. The third-order valence-corrected chi connectivity index (χ3v) is 2.77. The highest BCUT2D eigenvalue weighted by Crippen LogP contribution is 2.21. The minimum absolute atomic E-state index is 0.187. The van der Waals surface area contributed by atoms with Gasteiger partial charge in [-0.2, -0.15) is 4.98 Å². The molecular formula is C11H12BrN3O. The summed E-state index contributed by atoms with van der Waals surface area (Å²) < 4.78 is 6.09. The van der Waals surface area contributed by atoms with Crippen LogP contribution in [0.2, 0.25) is 0 Å². The first-order valence-electron chi connectivity index (χ1n) is 5.06. The molecule has 1 heterocycles. The lowest BCUT2D eigenvalue weighted by Crippen LogP contribution is -2.08. The quantitative estimate of drug-likeness (QED) is 0.940. The molecule has 0 aliphatic rings. The second kappa shape index (κ2) is 4.76. The van der Waals surface area contributed by atoms with Crippen molar-refractivity contribution in [1.82, 2.24) is 10.1 Å². The molecule has 84 valence electrons. The summed E-state index contributed by atoms with van der Waals surface area (Å²) in [4.78, 5) is 4.27. The lowest BCUT2D eigenvalue weighted by atomic mass is 10.2. The Morgan fingerprint density at radius 1 is 1.50 bits per heavy atom. The van der Waals surface area contributed by atoms with Crippen molar-refractivity contribution >= 4 is 15.9 Å². The monoisotopic (exact) mass is 281 g/mol. The molecule has 0 unspecified atom stereocenters. The fraction of sp³-hybridized carbons (Fsp3) is 0.273. The summed E-state index contributed by atoms with van der Waals surface area (Å²) in [5.74, 6) is 1.05. The number of nitrogens with two attached hydrogens (primary N) is 1. The van der Waals surface area contributed by atoms with E-state index in [4.69, 9.17) is 10.3 Å². The zero-order valence-electron chi connectivity index (χ0n) is 8.85. The van der Waals surface area contributed by atoms with Crippen molar-refractivity contribution in [2.24, 2.45) is 5.73 Å². The largest absolute Gasteiger partial charge is 0.337 e. The van der Waals surface area contributed by atoms with Crippen molar-refractivity contribution in [1.29, 1.82) is 0 Å². The highest BCUT2D eigenvalue weighted by atomic mass is 79.9. The average molecular weight is 282 g/mol. The number of nitrogens with zero attached hydrogens (tertiary/aromatic N) is 2. The van der Waals surface area contributed by atoms with E-state index in [1.807, 2.05) is 31.2 Å². The first-order chi connectivity index (χ1) is 7.70. The highest BCUT2D eigenvalue weighted by Gasteiger charge is 2.13. The lowest BCUT2D eigenvalue weighted by Gasteiger charge is -1.99. The van der Waals surface area contributed by atoms with Crippen LogP contribution in [-0.2, 0) is 0 Å². The van der Waals surface area contributed by atoms with Crippen molar-refractivity contribution in [2.45, 2.75) is 19.4 Å². The van der Waals surface area contributed by atoms with Gasteiger partial charge in [0.1, 0.15) is 0 Å². The van der Waals surface area contributed by atoms with Gasteiger partial charge in [-0.3, -0.25) is 0 Å². The zero-order valence-corrected chi connectivity index (χ0v) is 10.4. The van der Waals surface area contributed by atoms with E-state index in [0.29, 0.717) is 11.7 Å². The molecule has 0 spiro atoms. The average Bonchev–Trinajstić information content (AvgIpc) is 2.77. The summed E-state index contributed by atoms with van der Waals surface area (Å²) >= 11 is 3.40. The third kappa shape index (κ3) is 2.31. The van der Waals surface area contributed by atoms with E-state index in [9.17, 15) is 0 Å². The van der Waals surface area contributed by atoms with E-state index in [1.54, 1.807) is 0 Å². The predicted octanol–water partition coefficient (Wildman–Crippen LogP) is 2.91.